The normalized spacial score (nSPS) is 18.7. The Hall–Kier alpha value is -3.00. The Kier molecular flexibility index (Phi) is 5.78. The number of aliphatic hydroxyl groups is 1. The van der Waals surface area contributed by atoms with Crippen LogP contribution in [0.1, 0.15) is 30.1 Å². The van der Waals surface area contributed by atoms with Gasteiger partial charge in [-0.1, -0.05) is 12.1 Å². The highest BCUT2D eigenvalue weighted by atomic mass is 32.1. The van der Waals surface area contributed by atoms with Crippen molar-refractivity contribution in [3.05, 3.63) is 86.7 Å². The molecule has 2 atom stereocenters. The fraction of sp³-hybridized carbons (Fsp3) is 0.240. The SMILES string of the molecule is O=c1cc(-c2ccsc2)c2ccc(COc3cc(F)cc(C4CC(O)CCO4)c3)cc2o1. The molecule has 4 aromatic rings. The summed E-state index contributed by atoms with van der Waals surface area (Å²) < 4.78 is 31.1. The second kappa shape index (κ2) is 8.86. The van der Waals surface area contributed by atoms with E-state index in [0.717, 1.165) is 22.1 Å². The Bertz CT molecular complexity index is 1300. The number of halogens is 1. The van der Waals surface area contributed by atoms with Gasteiger partial charge in [-0.05, 0) is 58.1 Å². The van der Waals surface area contributed by atoms with Crippen LogP contribution in [0.15, 0.2) is 68.5 Å². The van der Waals surface area contributed by atoms with Crippen LogP contribution in [0.3, 0.4) is 0 Å². The quantitative estimate of drug-likeness (QED) is 0.408. The van der Waals surface area contributed by atoms with Gasteiger partial charge in [-0.15, -0.1) is 0 Å². The summed E-state index contributed by atoms with van der Waals surface area (Å²) >= 11 is 1.56. The molecular formula is C25H21FO5S. The molecule has 0 bridgehead atoms. The summed E-state index contributed by atoms with van der Waals surface area (Å²) in [6.45, 7) is 0.619. The summed E-state index contributed by atoms with van der Waals surface area (Å²) in [4.78, 5) is 12.1. The van der Waals surface area contributed by atoms with Crippen LogP contribution in [0.25, 0.3) is 22.1 Å². The van der Waals surface area contributed by atoms with Crippen LogP contribution in [0.5, 0.6) is 5.75 Å². The molecule has 0 saturated carbocycles. The number of hydrogen-bond donors (Lipinski definition) is 1. The van der Waals surface area contributed by atoms with Gasteiger partial charge in [0.1, 0.15) is 23.8 Å². The van der Waals surface area contributed by atoms with Gasteiger partial charge >= 0.3 is 5.63 Å². The molecule has 7 heteroatoms. The number of rotatable bonds is 5. The fourth-order valence-corrected chi connectivity index (χ4v) is 4.64. The second-order valence-corrected chi connectivity index (χ2v) is 8.65. The lowest BCUT2D eigenvalue weighted by Gasteiger charge is -2.27. The maximum atomic E-state index is 14.2. The number of benzene rings is 2. The van der Waals surface area contributed by atoms with Crippen LogP contribution in [0.4, 0.5) is 4.39 Å². The van der Waals surface area contributed by atoms with Crippen molar-refractivity contribution >= 4 is 22.3 Å². The standard InChI is InChI=1S/C25H21FO5S/c26-18-8-17(23-11-19(27)3-5-29-23)9-20(10-18)30-13-15-1-2-21-22(16-4-6-32-14-16)12-25(28)31-24(21)7-15/h1-2,4,6-10,12,14,19,23,27H,3,5,11,13H2. The van der Waals surface area contributed by atoms with E-state index in [-0.39, 0.29) is 12.7 Å². The van der Waals surface area contributed by atoms with Gasteiger partial charge in [-0.2, -0.15) is 11.3 Å². The van der Waals surface area contributed by atoms with Gasteiger partial charge in [-0.3, -0.25) is 0 Å². The molecular weight excluding hydrogens is 431 g/mol. The van der Waals surface area contributed by atoms with Crippen LogP contribution in [-0.2, 0) is 11.3 Å². The summed E-state index contributed by atoms with van der Waals surface area (Å²) in [5, 5.41) is 14.7. The molecule has 0 spiro atoms. The molecule has 5 rings (SSSR count). The molecule has 1 saturated heterocycles. The molecule has 32 heavy (non-hydrogen) atoms. The first-order valence-corrected chi connectivity index (χ1v) is 11.3. The third-order valence-electron chi connectivity index (χ3n) is 5.57. The molecule has 2 aromatic carbocycles. The van der Waals surface area contributed by atoms with Crippen molar-refractivity contribution < 1.29 is 23.4 Å². The topological polar surface area (TPSA) is 68.9 Å². The van der Waals surface area contributed by atoms with E-state index in [1.165, 1.54) is 18.2 Å². The zero-order valence-electron chi connectivity index (χ0n) is 17.1. The van der Waals surface area contributed by atoms with Crippen LogP contribution in [0.2, 0.25) is 0 Å². The molecule has 2 unspecified atom stereocenters. The number of ether oxygens (including phenoxy) is 2. The number of fused-ring (bicyclic) bond motifs is 1. The molecule has 1 fully saturated rings. The smallest absolute Gasteiger partial charge is 0.336 e. The largest absolute Gasteiger partial charge is 0.489 e. The molecule has 1 aliphatic heterocycles. The van der Waals surface area contributed by atoms with Crippen LogP contribution in [0, 0.1) is 5.82 Å². The van der Waals surface area contributed by atoms with E-state index in [1.807, 2.05) is 29.0 Å². The van der Waals surface area contributed by atoms with Crippen molar-refractivity contribution in [3.8, 4) is 16.9 Å². The minimum atomic E-state index is -0.451. The van der Waals surface area contributed by atoms with Crippen LogP contribution >= 0.6 is 11.3 Å². The Morgan fingerprint density at radius 2 is 2.06 bits per heavy atom. The van der Waals surface area contributed by atoms with Crippen molar-refractivity contribution in [2.75, 3.05) is 6.61 Å². The average molecular weight is 453 g/mol. The predicted molar refractivity (Wildman–Crippen MR) is 120 cm³/mol. The summed E-state index contributed by atoms with van der Waals surface area (Å²) in [5.74, 6) is -0.0525. The van der Waals surface area contributed by atoms with Crippen molar-refractivity contribution in [1.29, 1.82) is 0 Å². The third-order valence-corrected chi connectivity index (χ3v) is 6.25. The summed E-state index contributed by atoms with van der Waals surface area (Å²) in [6, 6.07) is 13.5. The van der Waals surface area contributed by atoms with E-state index in [2.05, 4.69) is 0 Å². The van der Waals surface area contributed by atoms with E-state index in [9.17, 15) is 14.3 Å². The number of aliphatic hydroxyl groups excluding tert-OH is 1. The monoisotopic (exact) mass is 452 g/mol. The summed E-state index contributed by atoms with van der Waals surface area (Å²) in [6.07, 6.45) is 0.204. The zero-order valence-corrected chi connectivity index (χ0v) is 17.9. The number of hydrogen-bond acceptors (Lipinski definition) is 6. The van der Waals surface area contributed by atoms with Crippen molar-refractivity contribution in [2.45, 2.75) is 31.7 Å². The number of thiophene rings is 1. The lowest BCUT2D eigenvalue weighted by atomic mass is 9.99. The van der Waals surface area contributed by atoms with Gasteiger partial charge in [0, 0.05) is 36.1 Å². The predicted octanol–water partition coefficient (Wildman–Crippen LogP) is 5.45. The van der Waals surface area contributed by atoms with Crippen LogP contribution < -0.4 is 10.4 Å². The first-order valence-electron chi connectivity index (χ1n) is 10.4. The van der Waals surface area contributed by atoms with Gasteiger partial charge in [0.2, 0.25) is 0 Å². The van der Waals surface area contributed by atoms with Gasteiger partial charge in [0.05, 0.1) is 12.2 Å². The Labute approximate surface area is 187 Å². The van der Waals surface area contributed by atoms with Crippen molar-refractivity contribution in [2.24, 2.45) is 0 Å². The van der Waals surface area contributed by atoms with Gasteiger partial charge in [-0.25, -0.2) is 9.18 Å². The summed E-state index contributed by atoms with van der Waals surface area (Å²) in [7, 11) is 0. The fourth-order valence-electron chi connectivity index (χ4n) is 3.99. The zero-order chi connectivity index (χ0) is 22.1. The van der Waals surface area contributed by atoms with Crippen molar-refractivity contribution in [3.63, 3.8) is 0 Å². The maximum absolute atomic E-state index is 14.2. The first-order chi connectivity index (χ1) is 15.5. The average Bonchev–Trinajstić information content (AvgIpc) is 3.31. The van der Waals surface area contributed by atoms with E-state index in [1.54, 1.807) is 23.5 Å². The highest BCUT2D eigenvalue weighted by Gasteiger charge is 2.23. The molecule has 164 valence electrons. The Balaban J connectivity index is 1.38. The molecule has 3 heterocycles. The van der Waals surface area contributed by atoms with Gasteiger partial charge in [0.25, 0.3) is 0 Å². The molecule has 1 N–H and O–H groups in total. The third kappa shape index (κ3) is 4.46. The minimum Gasteiger partial charge on any atom is -0.489 e. The van der Waals surface area contributed by atoms with Crippen LogP contribution in [-0.4, -0.2) is 17.8 Å². The molecule has 5 nitrogen and oxygen atoms in total. The lowest BCUT2D eigenvalue weighted by molar-refractivity contribution is -0.0449. The van der Waals surface area contributed by atoms with E-state index in [4.69, 9.17) is 13.9 Å². The highest BCUT2D eigenvalue weighted by molar-refractivity contribution is 7.08. The lowest BCUT2D eigenvalue weighted by Crippen LogP contribution is -2.23. The molecule has 1 aliphatic rings. The van der Waals surface area contributed by atoms with E-state index in [0.29, 0.717) is 36.3 Å². The van der Waals surface area contributed by atoms with Gasteiger partial charge in [0.15, 0.2) is 0 Å². The summed E-state index contributed by atoms with van der Waals surface area (Å²) in [5.41, 5.74) is 3.29. The minimum absolute atomic E-state index is 0.180. The molecule has 0 radical (unpaired) electrons. The second-order valence-electron chi connectivity index (χ2n) is 7.87. The van der Waals surface area contributed by atoms with Crippen molar-refractivity contribution in [1.82, 2.24) is 0 Å². The maximum Gasteiger partial charge on any atom is 0.336 e. The molecule has 0 aliphatic carbocycles. The van der Waals surface area contributed by atoms with E-state index < -0.39 is 17.5 Å². The Morgan fingerprint density at radius 3 is 2.88 bits per heavy atom. The van der Waals surface area contributed by atoms with E-state index >= 15 is 0 Å². The molecule has 2 aromatic heterocycles. The Morgan fingerprint density at radius 1 is 1.16 bits per heavy atom. The highest BCUT2D eigenvalue weighted by Crippen LogP contribution is 2.32. The van der Waals surface area contributed by atoms with Gasteiger partial charge < -0.3 is 19.0 Å². The first kappa shape index (κ1) is 20.9. The molecule has 0 amide bonds.